The van der Waals surface area contributed by atoms with E-state index in [2.05, 4.69) is 17.3 Å². The van der Waals surface area contributed by atoms with Crippen LogP contribution in [0.15, 0.2) is 18.2 Å². The summed E-state index contributed by atoms with van der Waals surface area (Å²) < 4.78 is 5.84. The molecule has 1 aliphatic rings. The average molecular weight is 289 g/mol. The fourth-order valence-corrected chi connectivity index (χ4v) is 2.82. The van der Waals surface area contributed by atoms with Crippen LogP contribution >= 0.6 is 23.2 Å². The molecule has 0 bridgehead atoms. The second kappa shape index (κ2) is 6.22. The minimum absolute atomic E-state index is 0.0877. The molecule has 0 aromatic heterocycles. The number of nitrogens with zero attached hydrogens (tertiary/aromatic N) is 1. The van der Waals surface area contributed by atoms with Gasteiger partial charge in [-0.15, -0.1) is 0 Å². The van der Waals surface area contributed by atoms with Crippen LogP contribution in [0.3, 0.4) is 0 Å². The largest absolute Gasteiger partial charge is 0.374 e. The first-order valence-electron chi connectivity index (χ1n) is 6.05. The number of hydrogen-bond acceptors (Lipinski definition) is 3. The van der Waals surface area contributed by atoms with E-state index in [1.807, 2.05) is 25.2 Å². The lowest BCUT2D eigenvalue weighted by atomic mass is 9.98. The van der Waals surface area contributed by atoms with Crippen LogP contribution in [0.1, 0.15) is 11.6 Å². The second-order valence-corrected chi connectivity index (χ2v) is 5.40. The molecule has 1 heterocycles. The summed E-state index contributed by atoms with van der Waals surface area (Å²) in [4.78, 5) is 2.27. The number of halogens is 2. The summed E-state index contributed by atoms with van der Waals surface area (Å²) in [6.45, 7) is 2.43. The zero-order valence-corrected chi connectivity index (χ0v) is 12.1. The van der Waals surface area contributed by atoms with Gasteiger partial charge in [0, 0.05) is 23.1 Å². The van der Waals surface area contributed by atoms with Gasteiger partial charge in [-0.05, 0) is 37.9 Å². The van der Waals surface area contributed by atoms with E-state index in [4.69, 9.17) is 27.9 Å². The summed E-state index contributed by atoms with van der Waals surface area (Å²) in [7, 11) is 4.02. The monoisotopic (exact) mass is 288 g/mol. The first-order valence-corrected chi connectivity index (χ1v) is 6.80. The summed E-state index contributed by atoms with van der Waals surface area (Å²) >= 11 is 12.4. The van der Waals surface area contributed by atoms with Crippen LogP contribution < -0.4 is 5.32 Å². The Morgan fingerprint density at radius 3 is 2.94 bits per heavy atom. The lowest BCUT2D eigenvalue weighted by Gasteiger charge is -2.39. The van der Waals surface area contributed by atoms with E-state index in [-0.39, 0.29) is 12.1 Å². The molecule has 3 nitrogen and oxygen atoms in total. The zero-order valence-electron chi connectivity index (χ0n) is 10.6. The molecule has 5 heteroatoms. The number of ether oxygens (including phenoxy) is 1. The third-order valence-electron chi connectivity index (χ3n) is 3.28. The lowest BCUT2D eigenvalue weighted by Crippen LogP contribution is -2.47. The Kier molecular flexibility index (Phi) is 4.87. The standard InChI is InChI=1S/C13H18Cl2N2O/c1-16-8-12-13(17(2)5-6-18-12)10-7-9(14)3-4-11(10)15/h3-4,7,12-13,16H,5-6,8H2,1-2H3. The number of benzene rings is 1. The SMILES string of the molecule is CNCC1OCCN(C)C1c1cc(Cl)ccc1Cl. The Morgan fingerprint density at radius 1 is 1.44 bits per heavy atom. The van der Waals surface area contributed by atoms with Crippen molar-refractivity contribution >= 4 is 23.2 Å². The van der Waals surface area contributed by atoms with Crippen LogP contribution in [0.5, 0.6) is 0 Å². The highest BCUT2D eigenvalue weighted by atomic mass is 35.5. The second-order valence-electron chi connectivity index (χ2n) is 4.56. The number of hydrogen-bond donors (Lipinski definition) is 1. The van der Waals surface area contributed by atoms with Crippen molar-refractivity contribution in [2.75, 3.05) is 33.8 Å². The van der Waals surface area contributed by atoms with E-state index in [9.17, 15) is 0 Å². The summed E-state index contributed by atoms with van der Waals surface area (Å²) in [6, 6.07) is 5.72. The molecule has 2 rings (SSSR count). The maximum absolute atomic E-state index is 6.30. The van der Waals surface area contributed by atoms with Gasteiger partial charge in [0.25, 0.3) is 0 Å². The molecule has 1 aromatic rings. The van der Waals surface area contributed by atoms with Crippen molar-refractivity contribution in [3.05, 3.63) is 33.8 Å². The van der Waals surface area contributed by atoms with Crippen molar-refractivity contribution < 1.29 is 4.74 Å². The number of morpholine rings is 1. The molecule has 2 unspecified atom stereocenters. The van der Waals surface area contributed by atoms with Gasteiger partial charge in [0.15, 0.2) is 0 Å². The Balaban J connectivity index is 2.33. The van der Waals surface area contributed by atoms with Gasteiger partial charge in [-0.25, -0.2) is 0 Å². The van der Waals surface area contributed by atoms with E-state index in [0.717, 1.165) is 30.3 Å². The molecule has 1 N–H and O–H groups in total. The van der Waals surface area contributed by atoms with Crippen molar-refractivity contribution in [3.63, 3.8) is 0 Å². The molecular weight excluding hydrogens is 271 g/mol. The number of likely N-dealkylation sites (N-methyl/N-ethyl adjacent to an activating group) is 2. The molecule has 0 saturated carbocycles. The first-order chi connectivity index (χ1) is 8.63. The van der Waals surface area contributed by atoms with E-state index in [1.165, 1.54) is 0 Å². The first kappa shape index (κ1) is 14.1. The summed E-state index contributed by atoms with van der Waals surface area (Å²) in [5.74, 6) is 0. The van der Waals surface area contributed by atoms with Gasteiger partial charge in [-0.2, -0.15) is 0 Å². The predicted octanol–water partition coefficient (Wildman–Crippen LogP) is 2.58. The Hall–Kier alpha value is -0.320. The molecule has 1 aromatic carbocycles. The van der Waals surface area contributed by atoms with Crippen LogP contribution in [0.25, 0.3) is 0 Å². The molecule has 18 heavy (non-hydrogen) atoms. The van der Waals surface area contributed by atoms with Crippen molar-refractivity contribution in [1.82, 2.24) is 10.2 Å². The fourth-order valence-electron chi connectivity index (χ4n) is 2.41. The Labute approximate surface area is 118 Å². The highest BCUT2D eigenvalue weighted by Gasteiger charge is 2.32. The molecule has 1 saturated heterocycles. The van der Waals surface area contributed by atoms with Gasteiger partial charge >= 0.3 is 0 Å². The van der Waals surface area contributed by atoms with Gasteiger partial charge in [0.2, 0.25) is 0 Å². The van der Waals surface area contributed by atoms with E-state index in [0.29, 0.717) is 5.02 Å². The van der Waals surface area contributed by atoms with Crippen LogP contribution in [0.4, 0.5) is 0 Å². The molecule has 1 fully saturated rings. The van der Waals surface area contributed by atoms with E-state index < -0.39 is 0 Å². The summed E-state index contributed by atoms with van der Waals surface area (Å²) in [5.41, 5.74) is 1.03. The maximum Gasteiger partial charge on any atom is 0.0896 e. The van der Waals surface area contributed by atoms with Crippen LogP contribution in [-0.2, 0) is 4.74 Å². The average Bonchev–Trinajstić information content (AvgIpc) is 2.34. The fraction of sp³-hybridized carbons (Fsp3) is 0.538. The minimum atomic E-state index is 0.0877. The minimum Gasteiger partial charge on any atom is -0.374 e. The molecule has 0 amide bonds. The van der Waals surface area contributed by atoms with Gasteiger partial charge in [0.1, 0.15) is 0 Å². The van der Waals surface area contributed by atoms with E-state index >= 15 is 0 Å². The van der Waals surface area contributed by atoms with Crippen molar-refractivity contribution in [3.8, 4) is 0 Å². The van der Waals surface area contributed by atoms with Crippen LogP contribution in [0, 0.1) is 0 Å². The quantitative estimate of drug-likeness (QED) is 0.925. The third kappa shape index (κ3) is 2.98. The van der Waals surface area contributed by atoms with Crippen LogP contribution in [0.2, 0.25) is 10.0 Å². The molecule has 0 spiro atoms. The van der Waals surface area contributed by atoms with Crippen LogP contribution in [-0.4, -0.2) is 44.8 Å². The number of rotatable bonds is 3. The van der Waals surface area contributed by atoms with Gasteiger partial charge in [-0.3, -0.25) is 4.90 Å². The number of nitrogens with one attached hydrogen (secondary N) is 1. The summed E-state index contributed by atoms with van der Waals surface area (Å²) in [5, 5.41) is 4.61. The van der Waals surface area contributed by atoms with Gasteiger partial charge in [-0.1, -0.05) is 23.2 Å². The lowest BCUT2D eigenvalue weighted by molar-refractivity contribution is -0.0606. The smallest absolute Gasteiger partial charge is 0.0896 e. The topological polar surface area (TPSA) is 24.5 Å². The van der Waals surface area contributed by atoms with Crippen molar-refractivity contribution in [1.29, 1.82) is 0 Å². The molecule has 100 valence electrons. The molecular formula is C13H18Cl2N2O. The highest BCUT2D eigenvalue weighted by Crippen LogP contribution is 2.34. The molecule has 0 radical (unpaired) electrons. The highest BCUT2D eigenvalue weighted by molar-refractivity contribution is 6.33. The third-order valence-corrected chi connectivity index (χ3v) is 3.86. The summed E-state index contributed by atoms with van der Waals surface area (Å²) in [6.07, 6.45) is 0.0877. The Bertz CT molecular complexity index is 412. The van der Waals surface area contributed by atoms with Crippen molar-refractivity contribution in [2.45, 2.75) is 12.1 Å². The maximum atomic E-state index is 6.30. The van der Waals surface area contributed by atoms with Gasteiger partial charge in [0.05, 0.1) is 18.8 Å². The Morgan fingerprint density at radius 2 is 2.22 bits per heavy atom. The van der Waals surface area contributed by atoms with E-state index in [1.54, 1.807) is 0 Å². The van der Waals surface area contributed by atoms with Crippen molar-refractivity contribution in [2.24, 2.45) is 0 Å². The van der Waals surface area contributed by atoms with Gasteiger partial charge < -0.3 is 10.1 Å². The molecule has 1 aliphatic heterocycles. The normalized spacial score (nSPS) is 25.3. The molecule has 2 atom stereocenters. The molecule has 0 aliphatic carbocycles. The predicted molar refractivity (Wildman–Crippen MR) is 75.5 cm³/mol. The zero-order chi connectivity index (χ0) is 13.1.